The summed E-state index contributed by atoms with van der Waals surface area (Å²) in [6.45, 7) is 6.43. The first-order valence-corrected chi connectivity index (χ1v) is 7.22. The summed E-state index contributed by atoms with van der Waals surface area (Å²) in [5.41, 5.74) is 0.480. The highest BCUT2D eigenvalue weighted by molar-refractivity contribution is 6.32. The van der Waals surface area contributed by atoms with Gasteiger partial charge in [0.2, 0.25) is 0 Å². The van der Waals surface area contributed by atoms with E-state index in [0.717, 1.165) is 31.7 Å². The van der Waals surface area contributed by atoms with Gasteiger partial charge < -0.3 is 9.64 Å². The molecule has 1 aliphatic heterocycles. The summed E-state index contributed by atoms with van der Waals surface area (Å²) in [5.74, 6) is 0.159. The van der Waals surface area contributed by atoms with E-state index in [1.165, 1.54) is 13.5 Å². The lowest BCUT2D eigenvalue weighted by atomic mass is 9.78. The number of hydrogen-bond donors (Lipinski definition) is 0. The molecule has 110 valence electrons. The van der Waals surface area contributed by atoms with Crippen LogP contribution in [0, 0.1) is 5.41 Å². The van der Waals surface area contributed by atoms with Gasteiger partial charge in [0.15, 0.2) is 10.8 Å². The van der Waals surface area contributed by atoms with E-state index in [9.17, 15) is 4.79 Å². The third-order valence-electron chi connectivity index (χ3n) is 4.24. The van der Waals surface area contributed by atoms with E-state index in [2.05, 4.69) is 33.5 Å². The highest BCUT2D eigenvalue weighted by atomic mass is 35.5. The second-order valence-electron chi connectivity index (χ2n) is 5.51. The molecule has 0 aromatic carbocycles. The van der Waals surface area contributed by atoms with Gasteiger partial charge in [0.1, 0.15) is 5.82 Å². The van der Waals surface area contributed by atoms with E-state index in [1.807, 2.05) is 0 Å². The molecule has 0 unspecified atom stereocenters. The molecule has 0 aliphatic carbocycles. The van der Waals surface area contributed by atoms with E-state index < -0.39 is 5.97 Å². The van der Waals surface area contributed by atoms with Crippen molar-refractivity contribution in [1.82, 2.24) is 9.97 Å². The first-order chi connectivity index (χ1) is 9.49. The zero-order valence-electron chi connectivity index (χ0n) is 12.1. The third kappa shape index (κ3) is 3.03. The zero-order valence-corrected chi connectivity index (χ0v) is 12.9. The SMILES string of the molecule is CCC1(C)CCN(c2cnc(C(=O)OC)c(Cl)n2)CC1. The molecular weight excluding hydrogens is 278 g/mol. The van der Waals surface area contributed by atoms with Crippen LogP contribution in [0.4, 0.5) is 5.82 Å². The summed E-state index contributed by atoms with van der Waals surface area (Å²) in [4.78, 5) is 21.9. The number of carbonyl (C=O) groups excluding carboxylic acids is 1. The summed E-state index contributed by atoms with van der Waals surface area (Å²) in [7, 11) is 1.30. The molecule has 0 radical (unpaired) electrons. The van der Waals surface area contributed by atoms with Gasteiger partial charge in [-0.05, 0) is 18.3 Å². The van der Waals surface area contributed by atoms with Gasteiger partial charge in [-0.15, -0.1) is 0 Å². The minimum atomic E-state index is -0.564. The Kier molecular flexibility index (Phi) is 4.48. The van der Waals surface area contributed by atoms with Crippen molar-refractivity contribution in [2.75, 3.05) is 25.1 Å². The molecule has 1 saturated heterocycles. The van der Waals surface area contributed by atoms with Crippen LogP contribution in [0.5, 0.6) is 0 Å². The fourth-order valence-corrected chi connectivity index (χ4v) is 2.59. The summed E-state index contributed by atoms with van der Waals surface area (Å²) < 4.78 is 4.60. The Morgan fingerprint density at radius 1 is 1.50 bits per heavy atom. The maximum absolute atomic E-state index is 11.4. The third-order valence-corrected chi connectivity index (χ3v) is 4.51. The molecule has 0 saturated carbocycles. The van der Waals surface area contributed by atoms with Gasteiger partial charge in [-0.1, -0.05) is 31.9 Å². The quantitative estimate of drug-likeness (QED) is 0.803. The topological polar surface area (TPSA) is 55.3 Å². The summed E-state index contributed by atoms with van der Waals surface area (Å²) in [6.07, 6.45) is 5.03. The molecule has 0 amide bonds. The monoisotopic (exact) mass is 297 g/mol. The first kappa shape index (κ1) is 15.0. The van der Waals surface area contributed by atoms with Gasteiger partial charge >= 0.3 is 5.97 Å². The van der Waals surface area contributed by atoms with Crippen molar-refractivity contribution in [3.05, 3.63) is 17.0 Å². The van der Waals surface area contributed by atoms with Gasteiger partial charge in [0.25, 0.3) is 0 Å². The van der Waals surface area contributed by atoms with Crippen LogP contribution in [0.25, 0.3) is 0 Å². The minimum absolute atomic E-state index is 0.0633. The number of nitrogens with zero attached hydrogens (tertiary/aromatic N) is 3. The van der Waals surface area contributed by atoms with Gasteiger partial charge in [0.05, 0.1) is 13.3 Å². The van der Waals surface area contributed by atoms with E-state index in [0.29, 0.717) is 5.41 Å². The van der Waals surface area contributed by atoms with E-state index in [-0.39, 0.29) is 10.8 Å². The van der Waals surface area contributed by atoms with Crippen LogP contribution in [-0.2, 0) is 4.74 Å². The van der Waals surface area contributed by atoms with Crippen LogP contribution in [0.1, 0.15) is 43.6 Å². The molecule has 2 rings (SSSR count). The molecule has 2 heterocycles. The fraction of sp³-hybridized carbons (Fsp3) is 0.643. The van der Waals surface area contributed by atoms with Crippen LogP contribution < -0.4 is 4.90 Å². The molecule has 6 heteroatoms. The molecule has 1 aromatic rings. The lowest BCUT2D eigenvalue weighted by Gasteiger charge is -2.39. The maximum Gasteiger partial charge on any atom is 0.359 e. The van der Waals surface area contributed by atoms with Crippen molar-refractivity contribution in [3.8, 4) is 0 Å². The van der Waals surface area contributed by atoms with Crippen molar-refractivity contribution in [1.29, 1.82) is 0 Å². The highest BCUT2D eigenvalue weighted by Crippen LogP contribution is 2.35. The predicted octanol–water partition coefficient (Wildman–Crippen LogP) is 2.93. The van der Waals surface area contributed by atoms with Crippen LogP contribution in [0.2, 0.25) is 5.15 Å². The standard InChI is InChI=1S/C14H20ClN3O2/c1-4-14(2)5-7-18(8-6-14)10-9-16-11(12(15)17-10)13(19)20-3/h9H,4-8H2,1-3H3. The molecule has 0 N–H and O–H groups in total. The predicted molar refractivity (Wildman–Crippen MR) is 78.2 cm³/mol. The Morgan fingerprint density at radius 2 is 2.15 bits per heavy atom. The van der Waals surface area contributed by atoms with Crippen molar-refractivity contribution in [2.45, 2.75) is 33.1 Å². The smallest absolute Gasteiger partial charge is 0.359 e. The summed E-state index contributed by atoms with van der Waals surface area (Å²) in [5, 5.41) is 0.0955. The van der Waals surface area contributed by atoms with Crippen LogP contribution in [-0.4, -0.2) is 36.1 Å². The van der Waals surface area contributed by atoms with E-state index in [1.54, 1.807) is 6.20 Å². The number of methoxy groups -OCH3 is 1. The lowest BCUT2D eigenvalue weighted by Crippen LogP contribution is -2.39. The highest BCUT2D eigenvalue weighted by Gasteiger charge is 2.29. The van der Waals surface area contributed by atoms with Gasteiger partial charge in [0, 0.05) is 13.1 Å². The normalized spacial score (nSPS) is 17.9. The average Bonchev–Trinajstić information content (AvgIpc) is 2.47. The second kappa shape index (κ2) is 5.95. The van der Waals surface area contributed by atoms with E-state index in [4.69, 9.17) is 11.6 Å². The Morgan fingerprint density at radius 3 is 2.65 bits per heavy atom. The molecule has 0 atom stereocenters. The van der Waals surface area contributed by atoms with Crippen LogP contribution in [0.3, 0.4) is 0 Å². The summed E-state index contributed by atoms with van der Waals surface area (Å²) >= 11 is 6.00. The Bertz CT molecular complexity index is 499. The number of aromatic nitrogens is 2. The van der Waals surface area contributed by atoms with Crippen LogP contribution in [0.15, 0.2) is 6.20 Å². The van der Waals surface area contributed by atoms with Crippen molar-refractivity contribution in [3.63, 3.8) is 0 Å². The molecule has 20 heavy (non-hydrogen) atoms. The molecular formula is C14H20ClN3O2. The number of rotatable bonds is 3. The maximum atomic E-state index is 11.4. The Hall–Kier alpha value is -1.36. The lowest BCUT2D eigenvalue weighted by molar-refractivity contribution is 0.0594. The second-order valence-corrected chi connectivity index (χ2v) is 5.87. The molecule has 1 fully saturated rings. The zero-order chi connectivity index (χ0) is 14.8. The first-order valence-electron chi connectivity index (χ1n) is 6.85. The minimum Gasteiger partial charge on any atom is -0.464 e. The largest absolute Gasteiger partial charge is 0.464 e. The van der Waals surface area contributed by atoms with Crippen molar-refractivity contribution < 1.29 is 9.53 Å². The number of hydrogen-bond acceptors (Lipinski definition) is 5. The Labute approximate surface area is 124 Å². The van der Waals surface area contributed by atoms with Gasteiger partial charge in [-0.3, -0.25) is 0 Å². The molecule has 1 aromatic heterocycles. The molecule has 0 bridgehead atoms. The number of esters is 1. The number of piperidine rings is 1. The van der Waals surface area contributed by atoms with Crippen molar-refractivity contribution in [2.24, 2.45) is 5.41 Å². The Balaban J connectivity index is 2.12. The van der Waals surface area contributed by atoms with E-state index >= 15 is 0 Å². The number of carbonyl (C=O) groups is 1. The van der Waals surface area contributed by atoms with Gasteiger partial charge in [-0.25, -0.2) is 14.8 Å². The number of anilines is 1. The molecule has 5 nitrogen and oxygen atoms in total. The number of halogens is 1. The number of ether oxygens (including phenoxy) is 1. The van der Waals surface area contributed by atoms with Gasteiger partial charge in [-0.2, -0.15) is 0 Å². The van der Waals surface area contributed by atoms with Crippen LogP contribution >= 0.6 is 11.6 Å². The average molecular weight is 298 g/mol. The molecule has 1 aliphatic rings. The summed E-state index contributed by atoms with van der Waals surface area (Å²) in [6, 6.07) is 0. The fourth-order valence-electron chi connectivity index (χ4n) is 2.37. The molecule has 0 spiro atoms. The van der Waals surface area contributed by atoms with Crippen molar-refractivity contribution >= 4 is 23.4 Å².